The molecule has 7 rings (SSSR count). The van der Waals surface area contributed by atoms with E-state index in [0.29, 0.717) is 10.7 Å². The van der Waals surface area contributed by atoms with E-state index in [1.807, 2.05) is 48.5 Å². The van der Waals surface area contributed by atoms with Gasteiger partial charge in [0.1, 0.15) is 6.54 Å². The van der Waals surface area contributed by atoms with Crippen LogP contribution in [-0.4, -0.2) is 52.1 Å². The normalized spacial score (nSPS) is 25.7. The molecule has 3 amide bonds. The molecule has 1 saturated heterocycles. The van der Waals surface area contributed by atoms with E-state index in [2.05, 4.69) is 28.5 Å². The average Bonchev–Trinajstić information content (AvgIpc) is 3.68. The maximum atomic E-state index is 14.0. The first kappa shape index (κ1) is 26.3. The maximum absolute atomic E-state index is 14.0. The fourth-order valence-corrected chi connectivity index (χ4v) is 6.48. The number of allylic oxidation sites excluding steroid dienone is 1. The highest BCUT2D eigenvalue weighted by Gasteiger charge is 2.55. The molecule has 2 fully saturated rings. The molecule has 0 aromatic heterocycles. The Morgan fingerprint density at radius 2 is 1.62 bits per heavy atom. The van der Waals surface area contributed by atoms with Gasteiger partial charge in [0.05, 0.1) is 17.4 Å². The monoisotopic (exact) mass is 578 g/mol. The summed E-state index contributed by atoms with van der Waals surface area (Å²) in [4.78, 5) is 41.7. The summed E-state index contributed by atoms with van der Waals surface area (Å²) < 4.78 is 0. The van der Waals surface area contributed by atoms with Gasteiger partial charge in [-0.05, 0) is 66.3 Å². The second kappa shape index (κ2) is 10.6. The van der Waals surface area contributed by atoms with Crippen LogP contribution in [0.25, 0.3) is 6.08 Å². The van der Waals surface area contributed by atoms with Gasteiger partial charge in [0.15, 0.2) is 12.1 Å². The molecule has 0 spiro atoms. The topological polar surface area (TPSA) is 98.0 Å². The van der Waals surface area contributed by atoms with Gasteiger partial charge >= 0.3 is 0 Å². The van der Waals surface area contributed by atoms with E-state index >= 15 is 0 Å². The van der Waals surface area contributed by atoms with Crippen LogP contribution in [0.2, 0.25) is 5.02 Å². The number of hydrogen-bond acceptors (Lipinski definition) is 7. The Hall–Kier alpha value is -4.63. The van der Waals surface area contributed by atoms with E-state index in [0.717, 1.165) is 46.6 Å². The van der Waals surface area contributed by atoms with Crippen LogP contribution >= 0.6 is 11.6 Å². The standard InChI is InChI=1S/C32H27ClN6O3/c33-23-14-16-24(17-15-23)38-31(41)28-30(32(38)42)37(36-34-28)19-26(40)39-29(21-10-5-2-6-11-21)25-13-7-12-22(27(25)35-39)18-20-8-3-1-4-9-20/h1-6,8-11,14-18,25,28-30H,7,12-13,19H2/b22-18+/t25-,28+,29-,30+/m0/s1. The van der Waals surface area contributed by atoms with Crippen molar-refractivity contribution in [2.24, 2.45) is 21.4 Å². The van der Waals surface area contributed by atoms with Crippen molar-refractivity contribution in [2.45, 2.75) is 37.4 Å². The van der Waals surface area contributed by atoms with E-state index in [-0.39, 0.29) is 24.4 Å². The zero-order valence-corrected chi connectivity index (χ0v) is 23.3. The number of imide groups is 1. The van der Waals surface area contributed by atoms with Crippen LogP contribution in [0.5, 0.6) is 0 Å². The maximum Gasteiger partial charge on any atom is 0.264 e. The molecule has 1 aliphatic carbocycles. The number of carbonyl (C=O) groups is 3. The number of nitrogens with zero attached hydrogens (tertiary/aromatic N) is 6. The number of rotatable bonds is 5. The Balaban J connectivity index is 1.18. The van der Waals surface area contributed by atoms with Crippen LogP contribution in [0.15, 0.2) is 106 Å². The predicted octanol–water partition coefficient (Wildman–Crippen LogP) is 5.46. The zero-order chi connectivity index (χ0) is 28.8. The fourth-order valence-electron chi connectivity index (χ4n) is 6.35. The molecule has 3 aromatic carbocycles. The first-order chi connectivity index (χ1) is 20.5. The number of hydrazone groups is 1. The van der Waals surface area contributed by atoms with Gasteiger partial charge in [-0.25, -0.2) is 9.91 Å². The third kappa shape index (κ3) is 4.50. The first-order valence-corrected chi connectivity index (χ1v) is 14.4. The number of fused-ring (bicyclic) bond motifs is 2. The zero-order valence-electron chi connectivity index (χ0n) is 22.6. The van der Waals surface area contributed by atoms with Crippen molar-refractivity contribution >= 4 is 46.8 Å². The number of benzene rings is 3. The van der Waals surface area contributed by atoms with Gasteiger partial charge in [0.25, 0.3) is 17.7 Å². The number of carbonyl (C=O) groups excluding carboxylic acids is 3. The molecule has 4 aliphatic rings. The van der Waals surface area contributed by atoms with Crippen molar-refractivity contribution in [2.75, 3.05) is 11.4 Å². The fraction of sp³-hybridized carbons (Fsp3) is 0.250. The molecule has 10 heteroatoms. The lowest BCUT2D eigenvalue weighted by Gasteiger charge is -2.30. The molecule has 3 aliphatic heterocycles. The molecule has 0 radical (unpaired) electrons. The number of hydrogen-bond donors (Lipinski definition) is 0. The lowest BCUT2D eigenvalue weighted by atomic mass is 9.77. The van der Waals surface area contributed by atoms with Crippen LogP contribution in [0.3, 0.4) is 0 Å². The third-order valence-electron chi connectivity index (χ3n) is 8.28. The molecular weight excluding hydrogens is 552 g/mol. The van der Waals surface area contributed by atoms with Gasteiger partial charge in [-0.15, -0.1) is 0 Å². The summed E-state index contributed by atoms with van der Waals surface area (Å²) in [6, 6.07) is 24.2. The van der Waals surface area contributed by atoms with Gasteiger partial charge < -0.3 is 0 Å². The van der Waals surface area contributed by atoms with Gasteiger partial charge in [-0.2, -0.15) is 10.2 Å². The minimum absolute atomic E-state index is 0.0445. The molecular formula is C32H27ClN6O3. The molecule has 42 heavy (non-hydrogen) atoms. The number of anilines is 1. The minimum atomic E-state index is -1.00. The summed E-state index contributed by atoms with van der Waals surface area (Å²) in [5.41, 5.74) is 4.55. The summed E-state index contributed by atoms with van der Waals surface area (Å²) >= 11 is 5.99. The van der Waals surface area contributed by atoms with Crippen LogP contribution in [-0.2, 0) is 14.4 Å². The van der Waals surface area contributed by atoms with Gasteiger partial charge in [0.2, 0.25) is 0 Å². The van der Waals surface area contributed by atoms with Crippen molar-refractivity contribution < 1.29 is 14.4 Å². The van der Waals surface area contributed by atoms with Crippen LogP contribution in [0.4, 0.5) is 5.69 Å². The average molecular weight is 579 g/mol. The molecule has 3 heterocycles. The Labute approximate surface area is 247 Å². The Bertz CT molecular complexity index is 1640. The van der Waals surface area contributed by atoms with Crippen LogP contribution < -0.4 is 4.90 Å². The summed E-state index contributed by atoms with van der Waals surface area (Å²) in [5, 5.41) is 16.5. The van der Waals surface area contributed by atoms with E-state index in [4.69, 9.17) is 16.7 Å². The van der Waals surface area contributed by atoms with E-state index in [9.17, 15) is 14.4 Å². The molecule has 9 nitrogen and oxygen atoms in total. The molecule has 0 unspecified atom stereocenters. The molecule has 1 saturated carbocycles. The molecule has 0 bridgehead atoms. The van der Waals surface area contributed by atoms with Gasteiger partial charge in [-0.1, -0.05) is 77.5 Å². The SMILES string of the molecule is O=C1[C@@H]2N=NN(CC(=O)N3N=C4/C(=C/c5ccccc5)CCC[C@@H]4[C@@H]3c3ccccc3)[C@H]2C(=O)N1c1ccc(Cl)cc1. The van der Waals surface area contributed by atoms with Crippen molar-refractivity contribution in [3.05, 3.63) is 107 Å². The van der Waals surface area contributed by atoms with Gasteiger partial charge in [-0.3, -0.25) is 19.4 Å². The molecule has 0 N–H and O–H groups in total. The lowest BCUT2D eigenvalue weighted by Crippen LogP contribution is -2.45. The van der Waals surface area contributed by atoms with Crippen molar-refractivity contribution in [1.29, 1.82) is 0 Å². The number of amides is 3. The Morgan fingerprint density at radius 3 is 2.36 bits per heavy atom. The number of halogens is 1. The second-order valence-electron chi connectivity index (χ2n) is 10.8. The van der Waals surface area contributed by atoms with E-state index in [1.54, 1.807) is 29.3 Å². The molecule has 210 valence electrons. The third-order valence-corrected chi connectivity index (χ3v) is 8.53. The lowest BCUT2D eigenvalue weighted by molar-refractivity contribution is -0.136. The molecule has 3 aromatic rings. The van der Waals surface area contributed by atoms with E-state index < -0.39 is 23.9 Å². The highest BCUT2D eigenvalue weighted by Crippen LogP contribution is 2.44. The smallest absolute Gasteiger partial charge is 0.264 e. The summed E-state index contributed by atoms with van der Waals surface area (Å²) in [5.74, 6) is -1.21. The highest BCUT2D eigenvalue weighted by atomic mass is 35.5. The summed E-state index contributed by atoms with van der Waals surface area (Å²) in [7, 11) is 0. The minimum Gasteiger partial charge on any atom is -0.271 e. The largest absolute Gasteiger partial charge is 0.271 e. The molecule has 4 atom stereocenters. The highest BCUT2D eigenvalue weighted by molar-refractivity contribution is 6.31. The van der Waals surface area contributed by atoms with E-state index in [1.165, 1.54) is 5.01 Å². The summed E-state index contributed by atoms with van der Waals surface area (Å²) in [6.45, 7) is -0.233. The second-order valence-corrected chi connectivity index (χ2v) is 11.3. The van der Waals surface area contributed by atoms with Gasteiger partial charge in [0, 0.05) is 10.9 Å². The Kier molecular flexibility index (Phi) is 6.66. The first-order valence-electron chi connectivity index (χ1n) is 14.0. The predicted molar refractivity (Wildman–Crippen MR) is 158 cm³/mol. The quantitative estimate of drug-likeness (QED) is 0.376. The van der Waals surface area contributed by atoms with Crippen LogP contribution in [0.1, 0.15) is 36.4 Å². The van der Waals surface area contributed by atoms with Crippen LogP contribution in [0, 0.1) is 5.92 Å². The Morgan fingerprint density at radius 1 is 0.905 bits per heavy atom. The van der Waals surface area contributed by atoms with Crippen molar-refractivity contribution in [3.63, 3.8) is 0 Å². The summed E-state index contributed by atoms with van der Waals surface area (Å²) in [6.07, 6.45) is 4.95. The van der Waals surface area contributed by atoms with Crippen molar-refractivity contribution in [3.8, 4) is 0 Å². The van der Waals surface area contributed by atoms with Crippen molar-refractivity contribution in [1.82, 2.24) is 10.0 Å².